The van der Waals surface area contributed by atoms with Gasteiger partial charge in [-0.15, -0.1) is 0 Å². The van der Waals surface area contributed by atoms with Gasteiger partial charge in [-0.25, -0.2) is 21.8 Å². The molecule has 7 rings (SSSR count). The number of aromatic amines is 3. The Morgan fingerprint density at radius 2 is 1.03 bits per heavy atom. The van der Waals surface area contributed by atoms with Crippen LogP contribution in [0.1, 0.15) is 22.4 Å². The number of imidazole rings is 1. The number of nitrogens with zero attached hydrogens (tertiary/aromatic N) is 2. The first-order chi connectivity index (χ1) is 33.5. The van der Waals surface area contributed by atoms with Crippen LogP contribution in [0, 0.1) is 3.57 Å². The van der Waals surface area contributed by atoms with Gasteiger partial charge in [-0.1, -0.05) is 0 Å². The van der Waals surface area contributed by atoms with Crippen molar-refractivity contribution < 1.29 is 56.3 Å². The summed E-state index contributed by atoms with van der Waals surface area (Å²) in [5, 5.41) is 0.146. The fraction of sp³-hybridized carbons (Fsp3) is 0.182. The molecule has 0 saturated heterocycles. The molecule has 3 N–H and O–H groups in total. The molecule has 0 aliphatic heterocycles. The minimum absolute atomic E-state index is 0.0371. The lowest BCUT2D eigenvalue weighted by Crippen LogP contribution is -2.79. The maximum Gasteiger partial charge on any atom is 0.417 e. The molecule has 0 bridgehead atoms. The van der Waals surface area contributed by atoms with Crippen molar-refractivity contribution in [2.24, 2.45) is 0 Å². The molecule has 7 aromatic rings. The van der Waals surface area contributed by atoms with Gasteiger partial charge in [0.1, 0.15) is 0 Å². The summed E-state index contributed by atoms with van der Waals surface area (Å²) in [6, 6.07) is 10.7. The van der Waals surface area contributed by atoms with Crippen molar-refractivity contribution in [3.63, 3.8) is 0 Å². The lowest BCUT2D eigenvalue weighted by Gasteiger charge is -2.41. The summed E-state index contributed by atoms with van der Waals surface area (Å²) >= 11 is 1.87. The Morgan fingerprint density at radius 1 is 0.603 bits per heavy atom. The predicted octanol–water partition coefficient (Wildman–Crippen LogP) is 1.98. The summed E-state index contributed by atoms with van der Waals surface area (Å²) in [7, 11) is 50.9. The Labute approximate surface area is 447 Å². The molecule has 21 radical (unpaired) electrons. The second kappa shape index (κ2) is 24.8. The summed E-state index contributed by atoms with van der Waals surface area (Å²) in [6.45, 7) is 0.258. The summed E-state index contributed by atoms with van der Waals surface area (Å²) in [5.74, 6) is 0. The van der Waals surface area contributed by atoms with Gasteiger partial charge in [-0.2, -0.15) is 39.5 Å². The van der Waals surface area contributed by atoms with Crippen LogP contribution in [0.4, 0.5) is 39.5 Å². The molecule has 0 saturated carbocycles. The van der Waals surface area contributed by atoms with Gasteiger partial charge >= 0.3 is 18.5 Å². The van der Waals surface area contributed by atoms with Crippen molar-refractivity contribution in [1.29, 1.82) is 0 Å². The van der Waals surface area contributed by atoms with Crippen molar-refractivity contribution in [2.45, 2.75) is 34.9 Å². The SMILES string of the molecule is CS(=O)(=O)c1cc(C(F)(F)F)c2cc[nH]c2c1.CS(=O)(=O)c1cc(C(F)(F)F)c2ccn(Cc3cnc[nH]3)c2c1.FC(F)(F)c1cc(I)cc2[nH]ccc12.[B][B]B([B])B(B(B([B])[B])B([B])[B])B(B([B])[B])B([B])[B]. The van der Waals surface area contributed by atoms with Crippen LogP contribution in [0.15, 0.2) is 95.5 Å². The number of sulfone groups is 2. The molecule has 9 nitrogen and oxygen atoms in total. The zero-order valence-electron chi connectivity index (χ0n) is 38.4. The Kier molecular flexibility index (Phi) is 21.2. The number of fused-ring (bicyclic) bond motifs is 3. The summed E-state index contributed by atoms with van der Waals surface area (Å²) < 4.78 is 164. The number of halogens is 10. The molecule has 345 valence electrons. The first-order valence-corrected chi connectivity index (χ1v) is 25.8. The third kappa shape index (κ3) is 16.4. The molecule has 0 aliphatic carbocycles. The minimum Gasteiger partial charge on any atom is -0.361 e. The lowest BCUT2D eigenvalue weighted by molar-refractivity contribution is -0.137. The van der Waals surface area contributed by atoms with Crippen molar-refractivity contribution in [3.05, 3.63) is 112 Å². The van der Waals surface area contributed by atoms with Crippen LogP contribution in [0.3, 0.4) is 0 Å². The molecule has 3 aromatic carbocycles. The number of nitrogens with one attached hydrogen (secondary N) is 3. The van der Waals surface area contributed by atoms with E-state index < -0.39 is 106 Å². The van der Waals surface area contributed by atoms with Crippen molar-refractivity contribution in [2.75, 3.05) is 12.5 Å². The third-order valence-corrected chi connectivity index (χ3v) is 13.9. The maximum atomic E-state index is 13.3. The van der Waals surface area contributed by atoms with E-state index in [2.05, 4.69) is 19.9 Å². The quantitative estimate of drug-likeness (QED) is 0.0980. The van der Waals surface area contributed by atoms with Crippen LogP contribution in [0.25, 0.3) is 32.7 Å². The molecule has 4 heterocycles. The highest BCUT2D eigenvalue weighted by Gasteiger charge is 2.43. The second-order valence-corrected chi connectivity index (χ2v) is 21.9. The van der Waals surface area contributed by atoms with E-state index >= 15 is 0 Å². The Bertz CT molecular complexity index is 3150. The average Bonchev–Trinajstić information content (AvgIpc) is 4.09. The van der Waals surface area contributed by atoms with E-state index in [0.717, 1.165) is 18.6 Å². The molecule has 4 aromatic heterocycles. The number of hydrogen-bond acceptors (Lipinski definition) is 5. The van der Waals surface area contributed by atoms with Crippen molar-refractivity contribution >= 4 is 210 Å². The standard InChI is InChI=1S/C14H12F3N3O2S.C10H8F3NO2S.C9H5F3IN.B19/c1-23(21,22)10-4-12(14(15,16)17)11-2-3-20(13(11)5-10)7-9-6-18-8-19-9;1-17(15,16)6-4-8(10(11,12)13)7-2-3-14-9(7)5-6;10-9(11,12)7-3-5(13)4-8-6(7)1-2-14-8;1-11-16(10)19(17(12(2)3)13(4)5)18(14(6)7)15(8)9/h2-6,8H,7H2,1H3,(H,18,19);2-5,14H,1H3;1-4,14H;. The van der Waals surface area contributed by atoms with Crippen LogP contribution in [0.2, 0.25) is 0 Å². The molecule has 0 amide bonds. The zero-order chi connectivity index (χ0) is 55.3. The van der Waals surface area contributed by atoms with E-state index in [4.69, 9.17) is 77.4 Å². The highest BCUT2D eigenvalue weighted by molar-refractivity contribution is 14.1. The van der Waals surface area contributed by atoms with Gasteiger partial charge in [0.05, 0.1) is 50.6 Å². The van der Waals surface area contributed by atoms with E-state index in [1.54, 1.807) is 16.8 Å². The Balaban J connectivity index is 0.000000214. The molecule has 0 unspecified atom stereocenters. The van der Waals surface area contributed by atoms with E-state index in [0.29, 0.717) is 26.9 Å². The van der Waals surface area contributed by atoms with E-state index in [1.807, 2.05) is 22.6 Å². The van der Waals surface area contributed by atoms with Crippen LogP contribution >= 0.6 is 22.6 Å². The van der Waals surface area contributed by atoms with E-state index in [1.165, 1.54) is 62.3 Å². The average molecular weight is 1120 g/mol. The number of aromatic nitrogens is 5. The number of alkyl halides is 9. The topological polar surface area (TPSA) is 133 Å². The summed E-state index contributed by atoms with van der Waals surface area (Å²) in [5.41, 5.74) is -0.920. The molecule has 0 spiro atoms. The Morgan fingerprint density at radius 3 is 1.42 bits per heavy atom. The normalized spacial score (nSPS) is 11.8. The van der Waals surface area contributed by atoms with Crippen LogP contribution in [0.5, 0.6) is 0 Å². The van der Waals surface area contributed by atoms with Crippen LogP contribution in [-0.4, -0.2) is 189 Å². The highest BCUT2D eigenvalue weighted by Crippen LogP contribution is 2.39. The molecule has 0 fully saturated rings. The largest absolute Gasteiger partial charge is 0.417 e. The fourth-order valence-electron chi connectivity index (χ4n) is 7.80. The molecule has 0 aliphatic rings. The van der Waals surface area contributed by atoms with Gasteiger partial charge in [-0.05, 0) is 77.2 Å². The number of H-pyrrole nitrogens is 3. The first kappa shape index (κ1) is 62.3. The minimum atomic E-state index is -4.64. The van der Waals surface area contributed by atoms with Crippen molar-refractivity contribution in [1.82, 2.24) is 24.5 Å². The third-order valence-electron chi connectivity index (χ3n) is 11.1. The first-order valence-electron chi connectivity index (χ1n) is 20.9. The maximum absolute atomic E-state index is 13.3. The zero-order valence-corrected chi connectivity index (χ0v) is 42.2. The van der Waals surface area contributed by atoms with Gasteiger partial charge in [0.15, 0.2) is 19.7 Å². The fourth-order valence-corrected chi connectivity index (χ4v) is 9.75. The number of hydrogen-bond donors (Lipinski definition) is 3. The van der Waals surface area contributed by atoms with Gasteiger partial charge < -0.3 is 19.5 Å². The Hall–Kier alpha value is -3.28. The van der Waals surface area contributed by atoms with E-state index in [9.17, 15) is 56.3 Å². The van der Waals surface area contributed by atoms with E-state index in [-0.39, 0.29) is 43.5 Å². The second-order valence-electron chi connectivity index (χ2n) is 16.6. The van der Waals surface area contributed by atoms with Crippen LogP contribution < -0.4 is 0 Å². The van der Waals surface area contributed by atoms with Gasteiger partial charge in [-0.3, -0.25) is 0 Å². The molecule has 73 heavy (non-hydrogen) atoms. The monoisotopic (exact) mass is 1130 g/mol. The molecule has 40 heteroatoms. The number of rotatable bonds is 12. The highest BCUT2D eigenvalue weighted by atomic mass is 127. The summed E-state index contributed by atoms with van der Waals surface area (Å²) in [4.78, 5) is 11.4. The molecular weight excluding hydrogens is 1100 g/mol. The van der Waals surface area contributed by atoms with Crippen molar-refractivity contribution in [3.8, 4) is 0 Å². The predicted molar refractivity (Wildman–Crippen MR) is 299 cm³/mol. The van der Waals surface area contributed by atoms with Gasteiger partial charge in [0.25, 0.3) is 0 Å². The molecule has 0 atom stereocenters. The number of benzene rings is 3. The lowest BCUT2D eigenvalue weighted by atomic mass is 8.40. The molecular formula is C33H25B19F9IN5O4S2. The van der Waals surface area contributed by atoms with Crippen LogP contribution in [-0.2, 0) is 44.7 Å². The van der Waals surface area contributed by atoms with Gasteiger partial charge in [0.2, 0.25) is 0 Å². The summed E-state index contributed by atoms with van der Waals surface area (Å²) in [6.07, 6.45) is -10.1. The smallest absolute Gasteiger partial charge is 0.361 e. The van der Waals surface area contributed by atoms with Gasteiger partial charge in [0, 0.05) is 204 Å².